The van der Waals surface area contributed by atoms with Crippen molar-refractivity contribution in [2.75, 3.05) is 13.7 Å². The van der Waals surface area contributed by atoms with Gasteiger partial charge in [0.2, 0.25) is 0 Å². The number of hydrazone groups is 1. The van der Waals surface area contributed by atoms with E-state index in [0.717, 1.165) is 16.7 Å². The van der Waals surface area contributed by atoms with Gasteiger partial charge >= 0.3 is 0 Å². The number of phenolic OH excluding ortho intramolecular Hbond substituents is 1. The number of nitrogens with zero attached hydrogens (tertiary/aromatic N) is 1. The molecule has 0 aliphatic rings. The molecule has 6 heteroatoms. The Hall–Kier alpha value is -3.02. The Bertz CT molecular complexity index is 800. The highest BCUT2D eigenvalue weighted by Gasteiger charge is 2.09. The topological polar surface area (TPSA) is 80.2 Å². The number of aromatic hydroxyl groups is 1. The lowest BCUT2D eigenvalue weighted by atomic mass is 10.1. The van der Waals surface area contributed by atoms with Gasteiger partial charge in [0.15, 0.2) is 18.1 Å². The fraction of sp³-hybridized carbons (Fsp3) is 0.263. The summed E-state index contributed by atoms with van der Waals surface area (Å²) in [4.78, 5) is 11.9. The molecule has 1 amide bonds. The van der Waals surface area contributed by atoms with Gasteiger partial charge in [-0.1, -0.05) is 18.2 Å². The highest BCUT2D eigenvalue weighted by molar-refractivity contribution is 5.86. The molecule has 2 N–H and O–H groups in total. The van der Waals surface area contributed by atoms with Crippen LogP contribution in [-0.4, -0.2) is 30.9 Å². The van der Waals surface area contributed by atoms with E-state index in [1.807, 2.05) is 32.9 Å². The molecule has 0 fully saturated rings. The second-order valence-corrected chi connectivity index (χ2v) is 5.63. The first-order valence-electron chi connectivity index (χ1n) is 7.81. The summed E-state index contributed by atoms with van der Waals surface area (Å²) < 4.78 is 10.6. The summed E-state index contributed by atoms with van der Waals surface area (Å²) in [5.41, 5.74) is 5.90. The van der Waals surface area contributed by atoms with Crippen LogP contribution in [0.4, 0.5) is 0 Å². The number of phenols is 1. The molecule has 0 saturated heterocycles. The first kappa shape index (κ1) is 18.3. The van der Waals surface area contributed by atoms with E-state index in [-0.39, 0.29) is 18.3 Å². The monoisotopic (exact) mass is 342 g/mol. The maximum atomic E-state index is 11.9. The first-order valence-corrected chi connectivity index (χ1v) is 7.81. The number of nitrogens with one attached hydrogen (secondary N) is 1. The fourth-order valence-electron chi connectivity index (χ4n) is 2.30. The van der Waals surface area contributed by atoms with Gasteiger partial charge in [0.1, 0.15) is 5.75 Å². The van der Waals surface area contributed by atoms with Crippen LogP contribution in [-0.2, 0) is 4.79 Å². The van der Waals surface area contributed by atoms with E-state index in [2.05, 4.69) is 10.5 Å². The summed E-state index contributed by atoms with van der Waals surface area (Å²) in [6.45, 7) is 5.74. The van der Waals surface area contributed by atoms with Crippen molar-refractivity contribution < 1.29 is 19.4 Å². The van der Waals surface area contributed by atoms with Crippen LogP contribution in [0.3, 0.4) is 0 Å². The maximum Gasteiger partial charge on any atom is 0.277 e. The van der Waals surface area contributed by atoms with Gasteiger partial charge in [-0.3, -0.25) is 4.79 Å². The van der Waals surface area contributed by atoms with E-state index in [9.17, 15) is 9.90 Å². The highest BCUT2D eigenvalue weighted by Crippen LogP contribution is 2.28. The van der Waals surface area contributed by atoms with Crippen molar-refractivity contribution in [3.8, 4) is 17.2 Å². The van der Waals surface area contributed by atoms with Crippen LogP contribution in [0.5, 0.6) is 17.2 Å². The SMILES string of the molecule is COc1cccc(/C=N/NC(=O)COc2c(C)ccc(C)c2C)c1O. The number of rotatable bonds is 6. The maximum absolute atomic E-state index is 11.9. The van der Waals surface area contributed by atoms with E-state index in [1.54, 1.807) is 18.2 Å². The Labute approximate surface area is 147 Å². The highest BCUT2D eigenvalue weighted by atomic mass is 16.5. The van der Waals surface area contributed by atoms with Crippen molar-refractivity contribution in [3.63, 3.8) is 0 Å². The second kappa shape index (κ2) is 8.19. The largest absolute Gasteiger partial charge is 0.504 e. The molecule has 2 rings (SSSR count). The summed E-state index contributed by atoms with van der Waals surface area (Å²) >= 11 is 0. The Morgan fingerprint density at radius 1 is 1.20 bits per heavy atom. The van der Waals surface area contributed by atoms with Crippen LogP contribution in [0, 0.1) is 20.8 Å². The van der Waals surface area contributed by atoms with E-state index in [1.165, 1.54) is 13.3 Å². The van der Waals surface area contributed by atoms with E-state index in [0.29, 0.717) is 17.1 Å². The molecule has 6 nitrogen and oxygen atoms in total. The van der Waals surface area contributed by atoms with Crippen LogP contribution in [0.25, 0.3) is 0 Å². The third kappa shape index (κ3) is 4.50. The van der Waals surface area contributed by atoms with Gasteiger partial charge in [-0.25, -0.2) is 5.43 Å². The van der Waals surface area contributed by atoms with Crippen molar-refractivity contribution >= 4 is 12.1 Å². The van der Waals surface area contributed by atoms with Crippen molar-refractivity contribution in [1.29, 1.82) is 0 Å². The van der Waals surface area contributed by atoms with Gasteiger partial charge in [0.25, 0.3) is 5.91 Å². The minimum atomic E-state index is -0.390. The van der Waals surface area contributed by atoms with Crippen LogP contribution in [0.15, 0.2) is 35.4 Å². The van der Waals surface area contributed by atoms with Gasteiger partial charge in [-0.2, -0.15) is 5.10 Å². The number of amides is 1. The average Bonchev–Trinajstić information content (AvgIpc) is 2.60. The van der Waals surface area contributed by atoms with Crippen molar-refractivity contribution in [2.24, 2.45) is 5.10 Å². The van der Waals surface area contributed by atoms with Crippen molar-refractivity contribution in [1.82, 2.24) is 5.43 Å². The lowest BCUT2D eigenvalue weighted by molar-refractivity contribution is -0.123. The van der Waals surface area contributed by atoms with Crippen molar-refractivity contribution in [2.45, 2.75) is 20.8 Å². The molecule has 0 bridgehead atoms. The summed E-state index contributed by atoms with van der Waals surface area (Å²) in [6, 6.07) is 8.98. The summed E-state index contributed by atoms with van der Waals surface area (Å²) in [6.07, 6.45) is 1.35. The molecule has 2 aromatic rings. The molecule has 0 aliphatic heterocycles. The quantitative estimate of drug-likeness (QED) is 0.625. The summed E-state index contributed by atoms with van der Waals surface area (Å²) in [5.74, 6) is 0.623. The van der Waals surface area contributed by atoms with E-state index in [4.69, 9.17) is 9.47 Å². The number of hydrogen-bond donors (Lipinski definition) is 2. The number of methoxy groups -OCH3 is 1. The van der Waals surface area contributed by atoms with Gasteiger partial charge < -0.3 is 14.6 Å². The third-order valence-corrected chi connectivity index (χ3v) is 3.86. The third-order valence-electron chi connectivity index (χ3n) is 3.86. The molecule has 0 aliphatic carbocycles. The number of hydrogen-bond acceptors (Lipinski definition) is 5. The summed E-state index contributed by atoms with van der Waals surface area (Å²) in [5, 5.41) is 13.8. The molecular weight excluding hydrogens is 320 g/mol. The smallest absolute Gasteiger partial charge is 0.277 e. The standard InChI is InChI=1S/C19H22N2O4/c1-12-8-9-13(2)19(14(12)3)25-11-17(22)21-20-10-15-6-5-7-16(24-4)18(15)23/h5-10,23H,11H2,1-4H3,(H,21,22)/b20-10+. The Kier molecular flexibility index (Phi) is 6.00. The van der Waals surface area contributed by atoms with Gasteiger partial charge in [-0.05, 0) is 49.6 Å². The molecular formula is C19H22N2O4. The lowest BCUT2D eigenvalue weighted by Crippen LogP contribution is -2.25. The van der Waals surface area contributed by atoms with Crippen LogP contribution < -0.4 is 14.9 Å². The second-order valence-electron chi connectivity index (χ2n) is 5.63. The molecule has 0 aromatic heterocycles. The number of benzene rings is 2. The predicted molar refractivity (Wildman–Crippen MR) is 96.5 cm³/mol. The Morgan fingerprint density at radius 3 is 2.64 bits per heavy atom. The number of carbonyl (C=O) groups is 1. The van der Waals surface area contributed by atoms with Gasteiger partial charge in [0.05, 0.1) is 13.3 Å². The molecule has 0 radical (unpaired) electrons. The number of ether oxygens (including phenoxy) is 2. The molecule has 0 spiro atoms. The number of carbonyl (C=O) groups excluding carboxylic acids is 1. The molecule has 132 valence electrons. The Morgan fingerprint density at radius 2 is 1.92 bits per heavy atom. The van der Waals surface area contributed by atoms with Gasteiger partial charge in [0, 0.05) is 5.56 Å². The zero-order valence-electron chi connectivity index (χ0n) is 14.8. The van der Waals surface area contributed by atoms with Gasteiger partial charge in [-0.15, -0.1) is 0 Å². The Balaban J connectivity index is 1.95. The average molecular weight is 342 g/mol. The van der Waals surface area contributed by atoms with E-state index < -0.39 is 0 Å². The number of para-hydroxylation sites is 1. The van der Waals surface area contributed by atoms with E-state index >= 15 is 0 Å². The van der Waals surface area contributed by atoms with Crippen LogP contribution in [0.1, 0.15) is 22.3 Å². The molecule has 0 unspecified atom stereocenters. The van der Waals surface area contributed by atoms with Crippen LogP contribution >= 0.6 is 0 Å². The van der Waals surface area contributed by atoms with Crippen LogP contribution in [0.2, 0.25) is 0 Å². The minimum absolute atomic E-state index is 0.0368. The molecule has 25 heavy (non-hydrogen) atoms. The predicted octanol–water partition coefficient (Wildman–Crippen LogP) is 2.86. The lowest BCUT2D eigenvalue weighted by Gasteiger charge is -2.13. The first-order chi connectivity index (χ1) is 11.9. The molecule has 0 atom stereocenters. The minimum Gasteiger partial charge on any atom is -0.504 e. The molecule has 0 saturated carbocycles. The zero-order chi connectivity index (χ0) is 18.4. The van der Waals surface area contributed by atoms with Crippen molar-refractivity contribution in [3.05, 3.63) is 52.6 Å². The fourth-order valence-corrected chi connectivity index (χ4v) is 2.30. The summed E-state index contributed by atoms with van der Waals surface area (Å²) in [7, 11) is 1.46. The zero-order valence-corrected chi connectivity index (χ0v) is 14.8. The normalized spacial score (nSPS) is 10.7. The molecule has 0 heterocycles. The molecule has 2 aromatic carbocycles. The number of aryl methyl sites for hydroxylation is 2.